The molecule has 0 aromatic heterocycles. The molecule has 1 amide bonds. The average molecular weight is 243 g/mol. The predicted molar refractivity (Wildman–Crippen MR) is 64.6 cm³/mol. The van der Waals surface area contributed by atoms with Gasteiger partial charge >= 0.3 is 12.1 Å². The third kappa shape index (κ3) is 9.41. The van der Waals surface area contributed by atoms with Gasteiger partial charge in [-0.1, -0.05) is 6.08 Å². The number of ether oxygens (including phenoxy) is 2. The maximum Gasteiger partial charge on any atom is 0.408 e. The van der Waals surface area contributed by atoms with Gasteiger partial charge in [-0.05, 0) is 34.6 Å². The number of alkyl carbamates (subject to hydrolysis) is 1. The highest BCUT2D eigenvalue weighted by Gasteiger charge is 2.16. The molecule has 5 nitrogen and oxygen atoms in total. The molecule has 0 aliphatic heterocycles. The van der Waals surface area contributed by atoms with Crippen LogP contribution in [0.2, 0.25) is 0 Å². The fourth-order valence-electron chi connectivity index (χ4n) is 0.955. The minimum Gasteiger partial charge on any atom is -0.463 e. The van der Waals surface area contributed by atoms with Crippen molar-refractivity contribution < 1.29 is 19.1 Å². The van der Waals surface area contributed by atoms with Crippen molar-refractivity contribution >= 4 is 12.1 Å². The van der Waals surface area contributed by atoms with Crippen molar-refractivity contribution in [2.24, 2.45) is 0 Å². The minimum atomic E-state index is -0.533. The molecule has 98 valence electrons. The maximum atomic E-state index is 11.4. The van der Waals surface area contributed by atoms with E-state index in [1.165, 1.54) is 6.08 Å². The van der Waals surface area contributed by atoms with Gasteiger partial charge in [0.1, 0.15) is 5.60 Å². The lowest BCUT2D eigenvalue weighted by molar-refractivity contribution is -0.137. The zero-order chi connectivity index (χ0) is 13.5. The van der Waals surface area contributed by atoms with Crippen LogP contribution in [-0.2, 0) is 14.3 Å². The SMILES string of the molecule is CCOC(=O)/C=C/[C@@H](C)NC(=O)OC(C)(C)C. The van der Waals surface area contributed by atoms with E-state index in [1.807, 2.05) is 0 Å². The van der Waals surface area contributed by atoms with Crippen molar-refractivity contribution in [1.29, 1.82) is 0 Å². The average Bonchev–Trinajstić information content (AvgIpc) is 2.12. The highest BCUT2D eigenvalue weighted by molar-refractivity contribution is 5.82. The number of carbonyl (C=O) groups excluding carboxylic acids is 2. The molecule has 0 radical (unpaired) electrons. The topological polar surface area (TPSA) is 64.6 Å². The van der Waals surface area contributed by atoms with E-state index in [2.05, 4.69) is 5.32 Å². The van der Waals surface area contributed by atoms with E-state index in [4.69, 9.17) is 9.47 Å². The quantitative estimate of drug-likeness (QED) is 0.606. The molecule has 0 aliphatic rings. The summed E-state index contributed by atoms with van der Waals surface area (Å²) >= 11 is 0. The monoisotopic (exact) mass is 243 g/mol. The van der Waals surface area contributed by atoms with Crippen molar-refractivity contribution in [3.05, 3.63) is 12.2 Å². The Morgan fingerprint density at radius 2 is 1.94 bits per heavy atom. The van der Waals surface area contributed by atoms with Crippen LogP contribution in [0.3, 0.4) is 0 Å². The van der Waals surface area contributed by atoms with E-state index in [1.54, 1.807) is 40.7 Å². The fraction of sp³-hybridized carbons (Fsp3) is 0.667. The molecule has 1 N–H and O–H groups in total. The summed E-state index contributed by atoms with van der Waals surface area (Å²) in [6, 6.07) is -0.297. The van der Waals surface area contributed by atoms with Crippen LogP contribution >= 0.6 is 0 Å². The summed E-state index contributed by atoms with van der Waals surface area (Å²) in [4.78, 5) is 22.4. The molecule has 0 saturated heterocycles. The van der Waals surface area contributed by atoms with Gasteiger partial charge < -0.3 is 14.8 Å². The van der Waals surface area contributed by atoms with E-state index in [0.29, 0.717) is 6.61 Å². The Labute approximate surface area is 102 Å². The number of hydrogen-bond acceptors (Lipinski definition) is 4. The molecule has 0 rings (SSSR count). The van der Waals surface area contributed by atoms with E-state index in [-0.39, 0.29) is 6.04 Å². The third-order valence-corrected chi connectivity index (χ3v) is 1.55. The molecule has 0 heterocycles. The van der Waals surface area contributed by atoms with Crippen LogP contribution in [-0.4, -0.2) is 30.3 Å². The molecule has 0 aliphatic carbocycles. The molecule has 0 unspecified atom stereocenters. The number of carbonyl (C=O) groups is 2. The molecule has 0 aromatic carbocycles. The van der Waals surface area contributed by atoms with E-state index >= 15 is 0 Å². The first-order chi connectivity index (χ1) is 7.74. The van der Waals surface area contributed by atoms with Gasteiger partial charge in [0.2, 0.25) is 0 Å². The van der Waals surface area contributed by atoms with Crippen LogP contribution in [0.4, 0.5) is 4.79 Å². The zero-order valence-corrected chi connectivity index (χ0v) is 11.1. The van der Waals surface area contributed by atoms with E-state index < -0.39 is 17.7 Å². The van der Waals surface area contributed by atoms with E-state index in [0.717, 1.165) is 0 Å². The van der Waals surface area contributed by atoms with Gasteiger partial charge in [0, 0.05) is 12.1 Å². The summed E-state index contributed by atoms with van der Waals surface area (Å²) in [5.74, 6) is -0.426. The van der Waals surface area contributed by atoms with Crippen LogP contribution in [0, 0.1) is 0 Å². The molecule has 1 atom stereocenters. The molecule has 0 aromatic rings. The summed E-state index contributed by atoms with van der Waals surface area (Å²) in [5, 5.41) is 2.58. The smallest absolute Gasteiger partial charge is 0.408 e. The normalized spacial score (nSPS) is 13.2. The Morgan fingerprint density at radius 1 is 1.35 bits per heavy atom. The van der Waals surface area contributed by atoms with Gasteiger partial charge in [0.15, 0.2) is 0 Å². The van der Waals surface area contributed by atoms with Crippen LogP contribution in [0.25, 0.3) is 0 Å². The maximum absolute atomic E-state index is 11.4. The van der Waals surface area contributed by atoms with Crippen LogP contribution in [0.5, 0.6) is 0 Å². The van der Waals surface area contributed by atoms with Crippen molar-refractivity contribution in [3.8, 4) is 0 Å². The second kappa shape index (κ2) is 6.93. The second-order valence-electron chi connectivity index (χ2n) is 4.55. The van der Waals surface area contributed by atoms with Crippen LogP contribution in [0.1, 0.15) is 34.6 Å². The van der Waals surface area contributed by atoms with Gasteiger partial charge in [-0.2, -0.15) is 0 Å². The lowest BCUT2D eigenvalue weighted by Crippen LogP contribution is -2.36. The van der Waals surface area contributed by atoms with Gasteiger partial charge in [-0.3, -0.25) is 0 Å². The first-order valence-electron chi connectivity index (χ1n) is 5.59. The second-order valence-corrected chi connectivity index (χ2v) is 4.55. The molecule has 0 bridgehead atoms. The summed E-state index contributed by atoms with van der Waals surface area (Å²) in [6.07, 6.45) is 2.31. The van der Waals surface area contributed by atoms with Crippen molar-refractivity contribution in [1.82, 2.24) is 5.32 Å². The van der Waals surface area contributed by atoms with Crippen molar-refractivity contribution in [2.75, 3.05) is 6.61 Å². The van der Waals surface area contributed by atoms with Crippen LogP contribution < -0.4 is 5.32 Å². The summed E-state index contributed by atoms with van der Waals surface area (Å²) in [5.41, 5.74) is -0.533. The summed E-state index contributed by atoms with van der Waals surface area (Å²) in [6.45, 7) is 9.15. The lowest BCUT2D eigenvalue weighted by atomic mass is 10.2. The molecule has 0 fully saturated rings. The highest BCUT2D eigenvalue weighted by atomic mass is 16.6. The van der Waals surface area contributed by atoms with Gasteiger partial charge in [-0.25, -0.2) is 9.59 Å². The highest BCUT2D eigenvalue weighted by Crippen LogP contribution is 2.06. The van der Waals surface area contributed by atoms with E-state index in [9.17, 15) is 9.59 Å². The van der Waals surface area contributed by atoms with Gasteiger partial charge in [0.05, 0.1) is 6.61 Å². The summed E-state index contributed by atoms with van der Waals surface area (Å²) < 4.78 is 9.77. The van der Waals surface area contributed by atoms with Crippen LogP contribution in [0.15, 0.2) is 12.2 Å². The standard InChI is InChI=1S/C12H21NO4/c1-6-16-10(14)8-7-9(2)13-11(15)17-12(3,4)5/h7-9H,6H2,1-5H3,(H,13,15)/b8-7+/t9-/m1/s1. The van der Waals surface area contributed by atoms with Crippen molar-refractivity contribution in [2.45, 2.75) is 46.3 Å². The third-order valence-electron chi connectivity index (χ3n) is 1.55. The Kier molecular flexibility index (Phi) is 6.31. The number of nitrogens with one attached hydrogen (secondary N) is 1. The van der Waals surface area contributed by atoms with Gasteiger partial charge in [-0.15, -0.1) is 0 Å². The number of amides is 1. The molecule has 5 heteroatoms. The first kappa shape index (κ1) is 15.5. The minimum absolute atomic E-state index is 0.297. The molecular weight excluding hydrogens is 222 g/mol. The number of rotatable bonds is 4. The number of hydrogen-bond donors (Lipinski definition) is 1. The largest absolute Gasteiger partial charge is 0.463 e. The Bertz CT molecular complexity index is 291. The predicted octanol–water partition coefficient (Wildman–Crippen LogP) is 2.02. The Hall–Kier alpha value is -1.52. The zero-order valence-electron chi connectivity index (χ0n) is 11.1. The molecular formula is C12H21NO4. The first-order valence-corrected chi connectivity index (χ1v) is 5.59. The Morgan fingerprint density at radius 3 is 2.41 bits per heavy atom. The van der Waals surface area contributed by atoms with Crippen molar-refractivity contribution in [3.63, 3.8) is 0 Å². The number of esters is 1. The van der Waals surface area contributed by atoms with Gasteiger partial charge in [0.25, 0.3) is 0 Å². The molecule has 0 spiro atoms. The molecule has 0 saturated carbocycles. The molecule has 17 heavy (non-hydrogen) atoms. The summed E-state index contributed by atoms with van der Waals surface area (Å²) in [7, 11) is 0. The lowest BCUT2D eigenvalue weighted by Gasteiger charge is -2.20. The fourth-order valence-corrected chi connectivity index (χ4v) is 0.955. The Balaban J connectivity index is 4.05.